The first-order valence-electron chi connectivity index (χ1n) is 3.65. The van der Waals surface area contributed by atoms with E-state index in [1.807, 2.05) is 24.3 Å². The lowest BCUT2D eigenvalue weighted by molar-refractivity contribution is 1.31. The number of benzene rings is 1. The van der Waals surface area contributed by atoms with Crippen LogP contribution in [0.15, 0.2) is 35.1 Å². The van der Waals surface area contributed by atoms with E-state index in [2.05, 4.69) is 4.98 Å². The van der Waals surface area contributed by atoms with Crippen LogP contribution in [0.3, 0.4) is 0 Å². The van der Waals surface area contributed by atoms with Gasteiger partial charge in [0, 0.05) is 10.9 Å². The lowest BCUT2D eigenvalue weighted by atomic mass is 10.2. The van der Waals surface area contributed by atoms with E-state index in [-0.39, 0.29) is 23.7 Å². The van der Waals surface area contributed by atoms with Crippen LogP contribution in [0.2, 0.25) is 0 Å². The second-order valence-electron chi connectivity index (χ2n) is 2.64. The van der Waals surface area contributed by atoms with Crippen molar-refractivity contribution in [2.75, 3.05) is 5.73 Å². The molecular formula is C9H9ClN2O. The van der Waals surface area contributed by atoms with Gasteiger partial charge in [0.15, 0.2) is 0 Å². The van der Waals surface area contributed by atoms with Crippen LogP contribution in [0.1, 0.15) is 0 Å². The van der Waals surface area contributed by atoms with Crippen molar-refractivity contribution in [3.05, 3.63) is 40.7 Å². The summed E-state index contributed by atoms with van der Waals surface area (Å²) in [4.78, 5) is 13.7. The first-order valence-corrected chi connectivity index (χ1v) is 3.65. The largest absolute Gasteiger partial charge is 0.394 e. The molecule has 0 amide bonds. The number of aromatic nitrogens is 1. The highest BCUT2D eigenvalue weighted by atomic mass is 35.5. The number of rotatable bonds is 0. The fraction of sp³-hybridized carbons (Fsp3) is 0. The fourth-order valence-electron chi connectivity index (χ4n) is 1.16. The van der Waals surface area contributed by atoms with Gasteiger partial charge in [0.2, 0.25) is 0 Å². The summed E-state index contributed by atoms with van der Waals surface area (Å²) in [7, 11) is 0. The maximum atomic E-state index is 11.1. The third kappa shape index (κ3) is 1.65. The van der Waals surface area contributed by atoms with Crippen molar-refractivity contribution in [3.63, 3.8) is 0 Å². The van der Waals surface area contributed by atoms with Crippen LogP contribution < -0.4 is 11.3 Å². The van der Waals surface area contributed by atoms with Gasteiger partial charge in [0.1, 0.15) is 0 Å². The van der Waals surface area contributed by atoms with Gasteiger partial charge in [-0.3, -0.25) is 4.79 Å². The lowest BCUT2D eigenvalue weighted by Gasteiger charge is -1.97. The maximum Gasteiger partial charge on any atom is 0.271 e. The summed E-state index contributed by atoms with van der Waals surface area (Å²) in [5, 5.41) is 0.953. The van der Waals surface area contributed by atoms with E-state index in [1.54, 1.807) is 6.07 Å². The summed E-state index contributed by atoms with van der Waals surface area (Å²) in [5.41, 5.74) is 6.29. The van der Waals surface area contributed by atoms with Crippen molar-refractivity contribution in [2.24, 2.45) is 0 Å². The lowest BCUT2D eigenvalue weighted by Crippen LogP contribution is -2.10. The summed E-state index contributed by atoms with van der Waals surface area (Å²) in [6.45, 7) is 0. The van der Waals surface area contributed by atoms with Gasteiger partial charge < -0.3 is 10.7 Å². The monoisotopic (exact) mass is 196 g/mol. The van der Waals surface area contributed by atoms with E-state index in [1.165, 1.54) is 0 Å². The Morgan fingerprint density at radius 2 is 1.92 bits per heavy atom. The number of fused-ring (bicyclic) bond motifs is 1. The van der Waals surface area contributed by atoms with Crippen LogP contribution in [0.4, 0.5) is 5.69 Å². The molecule has 0 bridgehead atoms. The Morgan fingerprint density at radius 1 is 1.23 bits per heavy atom. The number of pyridine rings is 1. The molecule has 0 saturated carbocycles. The van der Waals surface area contributed by atoms with Gasteiger partial charge in [-0.05, 0) is 12.1 Å². The topological polar surface area (TPSA) is 58.9 Å². The summed E-state index contributed by atoms with van der Waals surface area (Å²) in [6.07, 6.45) is 0. The average molecular weight is 197 g/mol. The highest BCUT2D eigenvalue weighted by molar-refractivity contribution is 5.85. The Hall–Kier alpha value is -1.48. The number of aromatic amines is 1. The van der Waals surface area contributed by atoms with Crippen molar-refractivity contribution in [3.8, 4) is 0 Å². The van der Waals surface area contributed by atoms with Gasteiger partial charge in [0.05, 0.1) is 5.69 Å². The second kappa shape index (κ2) is 3.49. The zero-order valence-electron chi connectivity index (χ0n) is 6.78. The minimum atomic E-state index is -0.228. The molecule has 0 unspecified atom stereocenters. The van der Waals surface area contributed by atoms with Crippen molar-refractivity contribution >= 4 is 29.0 Å². The molecule has 68 valence electrons. The molecule has 3 nitrogen and oxygen atoms in total. The predicted molar refractivity (Wildman–Crippen MR) is 56.2 cm³/mol. The van der Waals surface area contributed by atoms with Crippen LogP contribution in [0.25, 0.3) is 10.9 Å². The molecule has 4 heteroatoms. The molecule has 1 aromatic heterocycles. The second-order valence-corrected chi connectivity index (χ2v) is 2.64. The van der Waals surface area contributed by atoms with Gasteiger partial charge in [-0.2, -0.15) is 0 Å². The van der Waals surface area contributed by atoms with E-state index in [4.69, 9.17) is 5.73 Å². The molecule has 3 N–H and O–H groups in total. The maximum absolute atomic E-state index is 11.1. The molecule has 0 spiro atoms. The van der Waals surface area contributed by atoms with Crippen LogP contribution in [0.5, 0.6) is 0 Å². The average Bonchev–Trinajstić information content (AvgIpc) is 2.07. The molecule has 1 aromatic carbocycles. The zero-order valence-corrected chi connectivity index (χ0v) is 7.60. The quantitative estimate of drug-likeness (QED) is 0.672. The van der Waals surface area contributed by atoms with Gasteiger partial charge in [0.25, 0.3) is 5.56 Å². The fourth-order valence-corrected chi connectivity index (χ4v) is 1.16. The minimum absolute atomic E-state index is 0. The third-order valence-corrected chi connectivity index (χ3v) is 1.78. The van der Waals surface area contributed by atoms with Crippen molar-refractivity contribution in [1.29, 1.82) is 0 Å². The first-order chi connectivity index (χ1) is 5.77. The van der Waals surface area contributed by atoms with Crippen molar-refractivity contribution < 1.29 is 0 Å². The first kappa shape index (κ1) is 9.61. The number of halogens is 1. The van der Waals surface area contributed by atoms with Crippen molar-refractivity contribution in [1.82, 2.24) is 4.98 Å². The molecule has 1 heterocycles. The number of nitrogens with two attached hydrogens (primary N) is 1. The summed E-state index contributed by atoms with van der Waals surface area (Å²) < 4.78 is 0. The summed E-state index contributed by atoms with van der Waals surface area (Å²) in [6, 6.07) is 9.19. The Bertz CT molecular complexity index is 478. The van der Waals surface area contributed by atoms with E-state index < -0.39 is 0 Å². The van der Waals surface area contributed by atoms with Gasteiger partial charge in [-0.25, -0.2) is 0 Å². The molecule has 2 aromatic rings. The standard InChI is InChI=1S/C9H8N2O.ClH/c10-7-5-6-3-1-2-4-8(6)11-9(7)12;/h1-5H,10H2,(H,11,12);1H. The van der Waals surface area contributed by atoms with Crippen LogP contribution in [0, 0.1) is 0 Å². The molecule has 0 aliphatic rings. The number of para-hydroxylation sites is 1. The van der Waals surface area contributed by atoms with E-state index in [0.717, 1.165) is 10.9 Å². The highest BCUT2D eigenvalue weighted by Gasteiger charge is 1.96. The minimum Gasteiger partial charge on any atom is -0.394 e. The number of nitrogen functional groups attached to an aromatic ring is 1. The molecule has 2 rings (SSSR count). The SMILES string of the molecule is Cl.Nc1cc2ccccc2[nH]c1=O. The van der Waals surface area contributed by atoms with Gasteiger partial charge in [-0.1, -0.05) is 18.2 Å². The van der Waals surface area contributed by atoms with Gasteiger partial charge >= 0.3 is 0 Å². The molecular weight excluding hydrogens is 188 g/mol. The van der Waals surface area contributed by atoms with E-state index in [0.29, 0.717) is 0 Å². The van der Waals surface area contributed by atoms with Gasteiger partial charge in [-0.15, -0.1) is 12.4 Å². The number of hydrogen-bond acceptors (Lipinski definition) is 2. The predicted octanol–water partition coefficient (Wildman–Crippen LogP) is 1.53. The Kier molecular flexibility index (Phi) is 2.58. The molecule has 0 aliphatic carbocycles. The van der Waals surface area contributed by atoms with E-state index in [9.17, 15) is 4.79 Å². The molecule has 0 radical (unpaired) electrons. The molecule has 13 heavy (non-hydrogen) atoms. The van der Waals surface area contributed by atoms with Crippen LogP contribution >= 0.6 is 12.4 Å². The van der Waals surface area contributed by atoms with Crippen LogP contribution in [-0.4, -0.2) is 4.98 Å². The molecule has 0 fully saturated rings. The number of hydrogen-bond donors (Lipinski definition) is 2. The normalized spacial score (nSPS) is 9.54. The Morgan fingerprint density at radius 3 is 2.69 bits per heavy atom. The Balaban J connectivity index is 0.000000845. The Labute approximate surface area is 81.0 Å². The summed E-state index contributed by atoms with van der Waals surface area (Å²) >= 11 is 0. The summed E-state index contributed by atoms with van der Waals surface area (Å²) in [5.74, 6) is 0. The molecule has 0 aliphatic heterocycles. The third-order valence-electron chi connectivity index (χ3n) is 1.78. The number of H-pyrrole nitrogens is 1. The van der Waals surface area contributed by atoms with Crippen LogP contribution in [-0.2, 0) is 0 Å². The smallest absolute Gasteiger partial charge is 0.271 e. The zero-order chi connectivity index (χ0) is 8.55. The van der Waals surface area contributed by atoms with Crippen molar-refractivity contribution in [2.45, 2.75) is 0 Å². The van der Waals surface area contributed by atoms with E-state index >= 15 is 0 Å². The highest BCUT2D eigenvalue weighted by Crippen LogP contribution is 2.09. The molecule has 0 saturated heterocycles. The molecule has 0 atom stereocenters. The number of anilines is 1. The number of nitrogens with one attached hydrogen (secondary N) is 1.